The van der Waals surface area contributed by atoms with E-state index in [1.165, 1.54) is 5.56 Å². The molecule has 29 heavy (non-hydrogen) atoms. The fraction of sp³-hybridized carbons (Fsp3) is 0.696. The highest BCUT2D eigenvalue weighted by atomic mass is 127. The molecule has 1 atom stereocenters. The van der Waals surface area contributed by atoms with E-state index in [2.05, 4.69) is 73.1 Å². The number of likely N-dealkylation sites (tertiary alicyclic amines) is 1. The zero-order valence-electron chi connectivity index (χ0n) is 18.8. The van der Waals surface area contributed by atoms with Gasteiger partial charge in [0, 0.05) is 32.3 Å². The van der Waals surface area contributed by atoms with Crippen LogP contribution in [0.1, 0.15) is 46.1 Å². The van der Waals surface area contributed by atoms with E-state index in [1.54, 1.807) is 0 Å². The molecule has 1 N–H and O–H groups in total. The minimum absolute atomic E-state index is 0. The lowest BCUT2D eigenvalue weighted by atomic mass is 10.0. The molecular weight excluding hydrogens is 475 g/mol. The summed E-state index contributed by atoms with van der Waals surface area (Å²) in [6, 6.07) is 11.2. The van der Waals surface area contributed by atoms with Crippen molar-refractivity contribution in [1.29, 1.82) is 0 Å². The number of nitrogens with one attached hydrogen (secondary N) is 1. The van der Waals surface area contributed by atoms with Crippen LogP contribution in [-0.4, -0.2) is 73.8 Å². The highest BCUT2D eigenvalue weighted by Crippen LogP contribution is 2.15. The Morgan fingerprint density at radius 2 is 1.79 bits per heavy atom. The van der Waals surface area contributed by atoms with Gasteiger partial charge >= 0.3 is 0 Å². The van der Waals surface area contributed by atoms with Crippen molar-refractivity contribution in [1.82, 2.24) is 15.1 Å². The topological polar surface area (TPSA) is 40.1 Å². The van der Waals surface area contributed by atoms with Crippen LogP contribution in [0.15, 0.2) is 35.3 Å². The molecule has 1 aliphatic heterocycles. The molecule has 1 aromatic carbocycles. The maximum Gasteiger partial charge on any atom is 0.193 e. The number of likely N-dealkylation sites (N-methyl/N-ethyl adjacent to an activating group) is 1. The molecule has 1 aromatic rings. The zero-order valence-corrected chi connectivity index (χ0v) is 21.1. The summed E-state index contributed by atoms with van der Waals surface area (Å²) < 4.78 is 5.80. The molecule has 0 amide bonds. The van der Waals surface area contributed by atoms with Crippen molar-refractivity contribution in [2.75, 3.05) is 45.9 Å². The van der Waals surface area contributed by atoms with Crippen LogP contribution in [0.2, 0.25) is 0 Å². The average molecular weight is 517 g/mol. The van der Waals surface area contributed by atoms with Gasteiger partial charge in [0.2, 0.25) is 0 Å². The number of guanidine groups is 1. The Balaban J connectivity index is 0.00000420. The largest absolute Gasteiger partial charge is 0.378 e. The van der Waals surface area contributed by atoms with Gasteiger partial charge in [0.1, 0.15) is 0 Å². The normalized spacial score (nSPS) is 16.6. The number of hydrogen-bond acceptors (Lipinski definition) is 3. The minimum Gasteiger partial charge on any atom is -0.378 e. The lowest BCUT2D eigenvalue weighted by Crippen LogP contribution is -2.48. The molecule has 6 heteroatoms. The molecular formula is C23H41IN4O. The van der Waals surface area contributed by atoms with Crippen LogP contribution in [-0.2, 0) is 11.2 Å². The third-order valence-electron chi connectivity index (χ3n) is 5.57. The molecule has 0 saturated carbocycles. The van der Waals surface area contributed by atoms with Crippen LogP contribution in [0.4, 0.5) is 0 Å². The van der Waals surface area contributed by atoms with Crippen LogP contribution in [0.25, 0.3) is 0 Å². The predicted molar refractivity (Wildman–Crippen MR) is 134 cm³/mol. The fourth-order valence-electron chi connectivity index (χ4n) is 4.02. The molecule has 1 aliphatic rings. The first-order valence-corrected chi connectivity index (χ1v) is 11.1. The Morgan fingerprint density at radius 3 is 2.34 bits per heavy atom. The standard InChI is InChI=1S/C23H40N4O.HI/c1-5-24-23(27-16-14-22(15-17-27)28-8-4)25-19-21(26(6-2)7-3)18-20-12-10-9-11-13-20;/h9-13,21-22H,5-8,14-19H2,1-4H3,(H,24,25);1H. The van der Waals surface area contributed by atoms with E-state index < -0.39 is 0 Å². The summed E-state index contributed by atoms with van der Waals surface area (Å²) in [7, 11) is 0. The monoisotopic (exact) mass is 516 g/mol. The summed E-state index contributed by atoms with van der Waals surface area (Å²) in [6.07, 6.45) is 3.62. The average Bonchev–Trinajstić information content (AvgIpc) is 2.73. The van der Waals surface area contributed by atoms with Crippen molar-refractivity contribution in [3.8, 4) is 0 Å². The van der Waals surface area contributed by atoms with Gasteiger partial charge in [-0.1, -0.05) is 44.2 Å². The van der Waals surface area contributed by atoms with Crippen molar-refractivity contribution >= 4 is 29.9 Å². The summed E-state index contributed by atoms with van der Waals surface area (Å²) in [5.41, 5.74) is 1.39. The second-order valence-corrected chi connectivity index (χ2v) is 7.40. The Kier molecular flexibility index (Phi) is 13.6. The Morgan fingerprint density at radius 1 is 1.14 bits per heavy atom. The van der Waals surface area contributed by atoms with Gasteiger partial charge in [0.25, 0.3) is 0 Å². The molecule has 0 aromatic heterocycles. The molecule has 0 aliphatic carbocycles. The molecule has 1 heterocycles. The van der Waals surface area contributed by atoms with Gasteiger partial charge < -0.3 is 15.0 Å². The van der Waals surface area contributed by atoms with Crippen LogP contribution >= 0.6 is 24.0 Å². The Bertz CT molecular complexity index is 557. The summed E-state index contributed by atoms with van der Waals surface area (Å²) in [6.45, 7) is 15.4. The molecule has 166 valence electrons. The van der Waals surface area contributed by atoms with Crippen molar-refractivity contribution in [2.24, 2.45) is 4.99 Å². The number of rotatable bonds is 10. The first-order valence-electron chi connectivity index (χ1n) is 11.1. The second kappa shape index (κ2) is 15.0. The third-order valence-corrected chi connectivity index (χ3v) is 5.57. The van der Waals surface area contributed by atoms with Crippen molar-refractivity contribution in [2.45, 2.75) is 59.1 Å². The lowest BCUT2D eigenvalue weighted by molar-refractivity contribution is 0.0263. The zero-order chi connectivity index (χ0) is 20.2. The molecule has 0 bridgehead atoms. The maximum atomic E-state index is 5.80. The van der Waals surface area contributed by atoms with Gasteiger partial charge in [-0.15, -0.1) is 24.0 Å². The first-order chi connectivity index (χ1) is 13.7. The second-order valence-electron chi connectivity index (χ2n) is 7.40. The van der Waals surface area contributed by atoms with Crippen LogP contribution in [0.5, 0.6) is 0 Å². The van der Waals surface area contributed by atoms with Crippen LogP contribution < -0.4 is 5.32 Å². The number of nitrogens with zero attached hydrogens (tertiary/aromatic N) is 3. The molecule has 0 radical (unpaired) electrons. The molecule has 5 nitrogen and oxygen atoms in total. The van der Waals surface area contributed by atoms with E-state index in [4.69, 9.17) is 9.73 Å². The Hall–Kier alpha value is -0.860. The number of benzene rings is 1. The Labute approximate surface area is 195 Å². The van der Waals surface area contributed by atoms with Gasteiger partial charge in [0.15, 0.2) is 5.96 Å². The van der Waals surface area contributed by atoms with Crippen molar-refractivity contribution in [3.05, 3.63) is 35.9 Å². The minimum atomic E-state index is 0. The molecule has 1 fully saturated rings. The molecule has 0 spiro atoms. The van der Waals surface area contributed by atoms with E-state index in [0.29, 0.717) is 12.1 Å². The van der Waals surface area contributed by atoms with Crippen LogP contribution in [0, 0.1) is 0 Å². The molecule has 2 rings (SSSR count). The fourth-order valence-corrected chi connectivity index (χ4v) is 4.02. The summed E-state index contributed by atoms with van der Waals surface area (Å²) in [4.78, 5) is 10.0. The van der Waals surface area contributed by atoms with Gasteiger partial charge in [-0.3, -0.25) is 9.89 Å². The molecule has 1 saturated heterocycles. The van der Waals surface area contributed by atoms with Gasteiger partial charge in [-0.25, -0.2) is 0 Å². The number of aliphatic imine (C=N–C) groups is 1. The predicted octanol–water partition coefficient (Wildman–Crippen LogP) is 4.02. The first kappa shape index (κ1) is 26.2. The third kappa shape index (κ3) is 8.80. The number of ether oxygens (including phenoxy) is 1. The van der Waals surface area contributed by atoms with Crippen LogP contribution in [0.3, 0.4) is 0 Å². The quantitative estimate of drug-likeness (QED) is 0.290. The number of piperidine rings is 1. The van der Waals surface area contributed by atoms with E-state index in [9.17, 15) is 0 Å². The van der Waals surface area contributed by atoms with E-state index >= 15 is 0 Å². The van der Waals surface area contributed by atoms with Gasteiger partial charge in [-0.05, 0) is 51.8 Å². The SMILES string of the molecule is CCNC(=NCC(Cc1ccccc1)N(CC)CC)N1CCC(OCC)CC1.I. The van der Waals surface area contributed by atoms with Crippen molar-refractivity contribution < 1.29 is 4.74 Å². The summed E-state index contributed by atoms with van der Waals surface area (Å²) in [5, 5.41) is 3.51. The number of hydrogen-bond donors (Lipinski definition) is 1. The van der Waals surface area contributed by atoms with E-state index in [1.807, 2.05) is 0 Å². The van der Waals surface area contributed by atoms with E-state index in [0.717, 1.165) is 71.1 Å². The summed E-state index contributed by atoms with van der Waals surface area (Å²) >= 11 is 0. The maximum absolute atomic E-state index is 5.80. The molecule has 1 unspecified atom stereocenters. The number of halogens is 1. The lowest BCUT2D eigenvalue weighted by Gasteiger charge is -2.35. The highest BCUT2D eigenvalue weighted by molar-refractivity contribution is 14.0. The van der Waals surface area contributed by atoms with E-state index in [-0.39, 0.29) is 24.0 Å². The summed E-state index contributed by atoms with van der Waals surface area (Å²) in [5.74, 6) is 1.06. The van der Waals surface area contributed by atoms with Gasteiger partial charge in [-0.2, -0.15) is 0 Å². The van der Waals surface area contributed by atoms with Crippen molar-refractivity contribution in [3.63, 3.8) is 0 Å². The van der Waals surface area contributed by atoms with Gasteiger partial charge in [0.05, 0.1) is 12.6 Å². The smallest absolute Gasteiger partial charge is 0.193 e. The highest BCUT2D eigenvalue weighted by Gasteiger charge is 2.22.